The fourth-order valence-corrected chi connectivity index (χ4v) is 3.49. The molecule has 0 radical (unpaired) electrons. The summed E-state index contributed by atoms with van der Waals surface area (Å²) in [4.78, 5) is 24.7. The molecule has 0 unspecified atom stereocenters. The summed E-state index contributed by atoms with van der Waals surface area (Å²) in [5.74, 6) is 0.613. The molecular weight excluding hydrogens is 481 g/mol. The van der Waals surface area contributed by atoms with Crippen LogP contribution in [0.5, 0.6) is 0 Å². The van der Waals surface area contributed by atoms with Gasteiger partial charge in [-0.3, -0.25) is 4.79 Å². The number of guanidine groups is 1. The fourth-order valence-electron chi connectivity index (χ4n) is 1.97. The molecule has 0 bridgehead atoms. The molecule has 2 heterocycles. The van der Waals surface area contributed by atoms with Crippen LogP contribution in [0.3, 0.4) is 0 Å². The van der Waals surface area contributed by atoms with Crippen molar-refractivity contribution in [3.63, 3.8) is 0 Å². The Bertz CT molecular complexity index is 685. The van der Waals surface area contributed by atoms with Gasteiger partial charge in [0.2, 0.25) is 5.91 Å². The van der Waals surface area contributed by atoms with Gasteiger partial charge in [0.25, 0.3) is 0 Å². The molecule has 0 saturated carbocycles. The Labute approximate surface area is 180 Å². The zero-order chi connectivity index (χ0) is 18.1. The number of aromatic nitrogens is 1. The molecule has 2 N–H and O–H groups in total. The Morgan fingerprint density at radius 3 is 2.73 bits per heavy atom. The molecule has 0 saturated heterocycles. The van der Waals surface area contributed by atoms with Gasteiger partial charge in [-0.2, -0.15) is 0 Å². The highest BCUT2D eigenvalue weighted by Gasteiger charge is 2.06. The van der Waals surface area contributed by atoms with Crippen molar-refractivity contribution >= 4 is 58.5 Å². The first-order chi connectivity index (χ1) is 12.1. The van der Waals surface area contributed by atoms with Crippen LogP contribution in [0, 0.1) is 0 Å². The minimum atomic E-state index is -0.0260. The van der Waals surface area contributed by atoms with Crippen molar-refractivity contribution in [2.24, 2.45) is 4.99 Å². The van der Waals surface area contributed by atoms with Crippen LogP contribution in [0.4, 0.5) is 0 Å². The van der Waals surface area contributed by atoms with Crippen molar-refractivity contribution in [2.45, 2.75) is 26.3 Å². The van der Waals surface area contributed by atoms with E-state index in [1.807, 2.05) is 6.20 Å². The second-order valence-electron chi connectivity index (χ2n) is 5.64. The molecule has 1 amide bonds. The van der Waals surface area contributed by atoms with E-state index in [2.05, 4.69) is 45.0 Å². The van der Waals surface area contributed by atoms with Gasteiger partial charge in [-0.15, -0.1) is 46.7 Å². The number of aryl methyl sites for hydroxylation is 1. The van der Waals surface area contributed by atoms with E-state index >= 15 is 0 Å². The van der Waals surface area contributed by atoms with Gasteiger partial charge in [0.1, 0.15) is 11.6 Å². The fraction of sp³-hybridized carbons (Fsp3) is 0.471. The van der Waals surface area contributed by atoms with Gasteiger partial charge in [-0.05, 0) is 24.3 Å². The van der Waals surface area contributed by atoms with Gasteiger partial charge >= 0.3 is 0 Å². The van der Waals surface area contributed by atoms with Gasteiger partial charge in [-0.25, -0.2) is 9.98 Å². The molecule has 2 aromatic heterocycles. The predicted molar refractivity (Wildman–Crippen MR) is 121 cm³/mol. The number of carbonyl (C=O) groups excluding carboxylic acids is 1. The number of amides is 1. The van der Waals surface area contributed by atoms with Crippen LogP contribution in [0.15, 0.2) is 28.7 Å². The molecule has 9 heteroatoms. The zero-order valence-corrected chi connectivity index (χ0v) is 19.3. The highest BCUT2D eigenvalue weighted by molar-refractivity contribution is 14.0. The largest absolute Gasteiger partial charge is 0.356 e. The summed E-state index contributed by atoms with van der Waals surface area (Å²) in [6, 6.07) is 4.17. The number of nitrogens with zero attached hydrogens (tertiary/aromatic N) is 3. The first-order valence-corrected chi connectivity index (χ1v) is 9.96. The summed E-state index contributed by atoms with van der Waals surface area (Å²) >= 11 is 3.44. The summed E-state index contributed by atoms with van der Waals surface area (Å²) < 4.78 is 0. The quantitative estimate of drug-likeness (QED) is 0.328. The molecule has 144 valence electrons. The molecule has 26 heavy (non-hydrogen) atoms. The Hall–Kier alpha value is -1.20. The molecule has 0 aliphatic rings. The maximum Gasteiger partial charge on any atom is 0.243 e. The maximum atomic E-state index is 11.8. The van der Waals surface area contributed by atoms with Crippen molar-refractivity contribution in [1.82, 2.24) is 20.5 Å². The highest BCUT2D eigenvalue weighted by atomic mass is 127. The lowest BCUT2D eigenvalue weighted by Crippen LogP contribution is -2.39. The van der Waals surface area contributed by atoms with Gasteiger partial charge in [0.15, 0.2) is 5.96 Å². The molecule has 2 rings (SSSR count). The minimum Gasteiger partial charge on any atom is -0.356 e. The number of nitrogens with one attached hydrogen (secondary N) is 2. The SMILES string of the molecule is CCc1cnc(CNC(=NCC(=O)N(C)C)NCCc2cccs2)s1.I. The summed E-state index contributed by atoms with van der Waals surface area (Å²) in [6.45, 7) is 3.61. The number of thiazole rings is 1. The molecule has 0 atom stereocenters. The van der Waals surface area contributed by atoms with Crippen LogP contribution >= 0.6 is 46.7 Å². The molecule has 0 fully saturated rings. The van der Waals surface area contributed by atoms with Crippen molar-refractivity contribution in [3.8, 4) is 0 Å². The van der Waals surface area contributed by atoms with E-state index in [1.165, 1.54) is 9.75 Å². The van der Waals surface area contributed by atoms with E-state index < -0.39 is 0 Å². The van der Waals surface area contributed by atoms with E-state index in [0.29, 0.717) is 12.5 Å². The minimum absolute atomic E-state index is 0. The summed E-state index contributed by atoms with van der Waals surface area (Å²) in [7, 11) is 3.47. The van der Waals surface area contributed by atoms with E-state index in [9.17, 15) is 4.79 Å². The van der Waals surface area contributed by atoms with Crippen LogP contribution < -0.4 is 10.6 Å². The average molecular weight is 507 g/mol. The van der Waals surface area contributed by atoms with Crippen LogP contribution in [-0.2, 0) is 24.2 Å². The van der Waals surface area contributed by atoms with Gasteiger partial charge < -0.3 is 15.5 Å². The number of hydrogen-bond acceptors (Lipinski definition) is 5. The number of thiophene rings is 1. The highest BCUT2D eigenvalue weighted by Crippen LogP contribution is 2.12. The maximum absolute atomic E-state index is 11.8. The lowest BCUT2D eigenvalue weighted by molar-refractivity contribution is -0.127. The monoisotopic (exact) mass is 507 g/mol. The van der Waals surface area contributed by atoms with Crippen LogP contribution in [0.1, 0.15) is 21.7 Å². The number of halogens is 1. The van der Waals surface area contributed by atoms with Gasteiger partial charge in [-0.1, -0.05) is 13.0 Å². The summed E-state index contributed by atoms with van der Waals surface area (Å²) in [5.41, 5.74) is 0. The third-order valence-corrected chi connectivity index (χ3v) is 5.55. The third-order valence-electron chi connectivity index (χ3n) is 3.47. The summed E-state index contributed by atoms with van der Waals surface area (Å²) in [5, 5.41) is 9.66. The van der Waals surface area contributed by atoms with Crippen molar-refractivity contribution in [3.05, 3.63) is 38.5 Å². The Morgan fingerprint density at radius 2 is 2.12 bits per heavy atom. The van der Waals surface area contributed by atoms with Crippen molar-refractivity contribution < 1.29 is 4.79 Å². The molecule has 6 nitrogen and oxygen atoms in total. The predicted octanol–water partition coefficient (Wildman–Crippen LogP) is 2.75. The van der Waals surface area contributed by atoms with E-state index in [4.69, 9.17) is 0 Å². The number of carbonyl (C=O) groups is 1. The normalized spacial score (nSPS) is 11.0. The Balaban J connectivity index is 0.00000338. The van der Waals surface area contributed by atoms with E-state index in [0.717, 1.165) is 24.4 Å². The molecule has 2 aromatic rings. The number of likely N-dealkylation sites (N-methyl/N-ethyl adjacent to an activating group) is 1. The van der Waals surface area contributed by atoms with Gasteiger partial charge in [0, 0.05) is 36.6 Å². The molecular formula is C17H26IN5OS2. The average Bonchev–Trinajstić information content (AvgIpc) is 3.27. The summed E-state index contributed by atoms with van der Waals surface area (Å²) in [6.07, 6.45) is 3.84. The zero-order valence-electron chi connectivity index (χ0n) is 15.3. The Morgan fingerprint density at radius 1 is 1.31 bits per heavy atom. The molecule has 0 aliphatic carbocycles. The molecule has 0 aliphatic heterocycles. The van der Waals surface area contributed by atoms with Crippen molar-refractivity contribution in [1.29, 1.82) is 0 Å². The van der Waals surface area contributed by atoms with Crippen LogP contribution in [0.25, 0.3) is 0 Å². The smallest absolute Gasteiger partial charge is 0.243 e. The van der Waals surface area contributed by atoms with Gasteiger partial charge in [0.05, 0.1) is 6.54 Å². The Kier molecular flexibility index (Phi) is 10.7. The lowest BCUT2D eigenvalue weighted by atomic mass is 10.3. The third kappa shape index (κ3) is 8.00. The molecule has 0 spiro atoms. The molecule has 0 aromatic carbocycles. The first-order valence-electron chi connectivity index (χ1n) is 8.26. The van der Waals surface area contributed by atoms with Crippen LogP contribution in [0.2, 0.25) is 0 Å². The lowest BCUT2D eigenvalue weighted by Gasteiger charge is -2.13. The van der Waals surface area contributed by atoms with Crippen LogP contribution in [-0.4, -0.2) is 48.9 Å². The van der Waals surface area contributed by atoms with E-state index in [-0.39, 0.29) is 36.4 Å². The first kappa shape index (κ1) is 22.8. The number of rotatable bonds is 8. The standard InChI is InChI=1S/C17H25N5OS2.HI/c1-4-13-10-19-15(25-13)11-20-17(21-12-16(23)22(2)3)18-8-7-14-6-5-9-24-14;/h5-6,9-10H,4,7-8,11-12H2,1-3H3,(H2,18,20,21);1H. The topological polar surface area (TPSA) is 69.6 Å². The second-order valence-corrected chi connectivity index (χ2v) is 7.87. The van der Waals surface area contributed by atoms with E-state index in [1.54, 1.807) is 41.7 Å². The number of hydrogen-bond donors (Lipinski definition) is 2. The number of aliphatic imine (C=N–C) groups is 1. The van der Waals surface area contributed by atoms with Crippen molar-refractivity contribution in [2.75, 3.05) is 27.2 Å². The second kappa shape index (κ2) is 12.2.